The second kappa shape index (κ2) is 9.36. The number of benzene rings is 3. The third kappa shape index (κ3) is 5.53. The van der Waals surface area contributed by atoms with Gasteiger partial charge in [0.15, 0.2) is 0 Å². The third-order valence-electron chi connectivity index (χ3n) is 5.66. The van der Waals surface area contributed by atoms with E-state index in [0.717, 1.165) is 24.8 Å². The van der Waals surface area contributed by atoms with Gasteiger partial charge in [0.2, 0.25) is 5.91 Å². The highest BCUT2D eigenvalue weighted by atomic mass is 35.5. The van der Waals surface area contributed by atoms with Crippen molar-refractivity contribution in [3.05, 3.63) is 107 Å². The standard InChI is InChI=1S/C26H25ClN2O2/c27-22-14-8-7-13-21(22)25(31)28-23(20-11-5-2-6-12-20)17-24(30)29-26(15-16-26)18-19-9-3-1-4-10-19/h1-14,23H,15-18H2,(H,28,31)(H,29,30)/t23-/m0/s1. The second-order valence-corrected chi connectivity index (χ2v) is 8.52. The van der Waals surface area contributed by atoms with Crippen molar-refractivity contribution in [2.45, 2.75) is 37.3 Å². The Bertz CT molecular complexity index is 1050. The van der Waals surface area contributed by atoms with Crippen molar-refractivity contribution in [3.63, 3.8) is 0 Å². The molecule has 0 bridgehead atoms. The van der Waals surface area contributed by atoms with Crippen molar-refractivity contribution >= 4 is 23.4 Å². The topological polar surface area (TPSA) is 58.2 Å². The SMILES string of the molecule is O=C(C[C@H](NC(=O)c1ccccc1Cl)c1ccccc1)NC1(Cc2ccccc2)CC1. The van der Waals surface area contributed by atoms with E-state index < -0.39 is 6.04 Å². The Morgan fingerprint density at radius 3 is 2.13 bits per heavy atom. The molecule has 4 nitrogen and oxygen atoms in total. The van der Waals surface area contributed by atoms with Crippen molar-refractivity contribution in [2.75, 3.05) is 0 Å². The van der Waals surface area contributed by atoms with Crippen LogP contribution < -0.4 is 10.6 Å². The van der Waals surface area contributed by atoms with E-state index in [0.29, 0.717) is 10.6 Å². The maximum atomic E-state index is 13.0. The van der Waals surface area contributed by atoms with Gasteiger partial charge in [-0.25, -0.2) is 0 Å². The highest BCUT2D eigenvalue weighted by Crippen LogP contribution is 2.39. The first-order valence-electron chi connectivity index (χ1n) is 10.5. The first-order valence-corrected chi connectivity index (χ1v) is 10.9. The van der Waals surface area contributed by atoms with Gasteiger partial charge in [-0.05, 0) is 42.5 Å². The van der Waals surface area contributed by atoms with Gasteiger partial charge in [-0.2, -0.15) is 0 Å². The zero-order chi connectivity index (χ0) is 21.7. The van der Waals surface area contributed by atoms with Gasteiger partial charge in [-0.15, -0.1) is 0 Å². The van der Waals surface area contributed by atoms with Crippen LogP contribution >= 0.6 is 11.6 Å². The summed E-state index contributed by atoms with van der Waals surface area (Å²) in [6.07, 6.45) is 2.92. The van der Waals surface area contributed by atoms with Crippen LogP contribution in [0.15, 0.2) is 84.9 Å². The molecular formula is C26H25ClN2O2. The van der Waals surface area contributed by atoms with Crippen LogP contribution in [0.25, 0.3) is 0 Å². The van der Waals surface area contributed by atoms with Gasteiger partial charge < -0.3 is 10.6 Å². The molecule has 0 unspecified atom stereocenters. The molecule has 31 heavy (non-hydrogen) atoms. The number of hydrogen-bond acceptors (Lipinski definition) is 2. The molecule has 0 radical (unpaired) electrons. The molecule has 1 aliphatic rings. The molecule has 0 spiro atoms. The summed E-state index contributed by atoms with van der Waals surface area (Å²) < 4.78 is 0. The highest BCUT2D eigenvalue weighted by Gasteiger charge is 2.44. The van der Waals surface area contributed by atoms with Crippen molar-refractivity contribution in [3.8, 4) is 0 Å². The molecule has 3 aromatic rings. The molecule has 2 amide bonds. The van der Waals surface area contributed by atoms with Gasteiger partial charge in [0, 0.05) is 5.54 Å². The fourth-order valence-electron chi connectivity index (χ4n) is 3.83. The fraction of sp³-hybridized carbons (Fsp3) is 0.231. The lowest BCUT2D eigenvalue weighted by Crippen LogP contribution is -2.41. The molecule has 158 valence electrons. The van der Waals surface area contributed by atoms with Gasteiger partial charge in [0.05, 0.1) is 23.0 Å². The maximum absolute atomic E-state index is 13.0. The number of amides is 2. The summed E-state index contributed by atoms with van der Waals surface area (Å²) in [6.45, 7) is 0. The number of nitrogens with one attached hydrogen (secondary N) is 2. The lowest BCUT2D eigenvalue weighted by Gasteiger charge is -2.22. The number of hydrogen-bond donors (Lipinski definition) is 2. The average molecular weight is 433 g/mol. The van der Waals surface area contributed by atoms with Crippen LogP contribution in [-0.4, -0.2) is 17.4 Å². The fourth-order valence-corrected chi connectivity index (χ4v) is 4.06. The molecular weight excluding hydrogens is 408 g/mol. The van der Waals surface area contributed by atoms with E-state index in [2.05, 4.69) is 22.8 Å². The number of carbonyl (C=O) groups is 2. The molecule has 5 heteroatoms. The van der Waals surface area contributed by atoms with Crippen LogP contribution in [-0.2, 0) is 11.2 Å². The van der Waals surface area contributed by atoms with Gasteiger partial charge in [-0.1, -0.05) is 84.4 Å². The summed E-state index contributed by atoms with van der Waals surface area (Å²) in [5.41, 5.74) is 2.32. The van der Waals surface area contributed by atoms with Crippen LogP contribution in [0.5, 0.6) is 0 Å². The molecule has 4 rings (SSSR count). The zero-order valence-electron chi connectivity index (χ0n) is 17.2. The summed E-state index contributed by atoms with van der Waals surface area (Å²) >= 11 is 6.19. The Morgan fingerprint density at radius 1 is 0.871 bits per heavy atom. The van der Waals surface area contributed by atoms with E-state index >= 15 is 0 Å². The summed E-state index contributed by atoms with van der Waals surface area (Å²) in [5.74, 6) is -0.362. The van der Waals surface area contributed by atoms with Crippen molar-refractivity contribution in [1.29, 1.82) is 0 Å². The average Bonchev–Trinajstić information content (AvgIpc) is 3.53. The molecule has 1 atom stereocenters. The normalized spacial score (nSPS) is 15.0. The van der Waals surface area contributed by atoms with Crippen LogP contribution in [0.3, 0.4) is 0 Å². The summed E-state index contributed by atoms with van der Waals surface area (Å²) in [5, 5.41) is 6.60. The number of rotatable bonds is 8. The molecule has 0 aliphatic heterocycles. The maximum Gasteiger partial charge on any atom is 0.253 e. The zero-order valence-corrected chi connectivity index (χ0v) is 17.9. The number of halogens is 1. The molecule has 2 N–H and O–H groups in total. The van der Waals surface area contributed by atoms with E-state index in [9.17, 15) is 9.59 Å². The summed E-state index contributed by atoms with van der Waals surface area (Å²) in [7, 11) is 0. The van der Waals surface area contributed by atoms with E-state index in [4.69, 9.17) is 11.6 Å². The molecule has 1 fully saturated rings. The first-order chi connectivity index (χ1) is 15.0. The molecule has 0 aromatic heterocycles. The molecule has 1 aliphatic carbocycles. The van der Waals surface area contributed by atoms with Crippen molar-refractivity contribution in [1.82, 2.24) is 10.6 Å². The largest absolute Gasteiger partial charge is 0.350 e. The Balaban J connectivity index is 1.46. The number of carbonyl (C=O) groups excluding carboxylic acids is 2. The molecule has 0 heterocycles. The summed E-state index contributed by atoms with van der Waals surface area (Å²) in [6, 6.07) is 26.2. The monoisotopic (exact) mass is 432 g/mol. The first kappa shape index (κ1) is 21.1. The lowest BCUT2D eigenvalue weighted by molar-refractivity contribution is -0.122. The third-order valence-corrected chi connectivity index (χ3v) is 5.99. The Labute approximate surface area is 187 Å². The van der Waals surface area contributed by atoms with Crippen molar-refractivity contribution in [2.24, 2.45) is 0 Å². The molecule has 0 saturated heterocycles. The summed E-state index contributed by atoms with van der Waals surface area (Å²) in [4.78, 5) is 25.8. The van der Waals surface area contributed by atoms with Crippen LogP contribution in [0, 0.1) is 0 Å². The van der Waals surface area contributed by atoms with Crippen LogP contribution in [0.1, 0.15) is 46.8 Å². The van der Waals surface area contributed by atoms with E-state index in [1.807, 2.05) is 48.5 Å². The van der Waals surface area contributed by atoms with Crippen molar-refractivity contribution < 1.29 is 9.59 Å². The molecule has 1 saturated carbocycles. The predicted molar refractivity (Wildman–Crippen MR) is 123 cm³/mol. The van der Waals surface area contributed by atoms with E-state index in [1.54, 1.807) is 24.3 Å². The van der Waals surface area contributed by atoms with Gasteiger partial charge in [-0.3, -0.25) is 9.59 Å². The Morgan fingerprint density at radius 2 is 1.48 bits per heavy atom. The van der Waals surface area contributed by atoms with Gasteiger partial charge >= 0.3 is 0 Å². The lowest BCUT2D eigenvalue weighted by atomic mass is 10.0. The van der Waals surface area contributed by atoms with E-state index in [1.165, 1.54) is 5.56 Å². The Hall–Kier alpha value is -3.11. The minimum atomic E-state index is -0.447. The smallest absolute Gasteiger partial charge is 0.253 e. The highest BCUT2D eigenvalue weighted by molar-refractivity contribution is 6.33. The minimum Gasteiger partial charge on any atom is -0.350 e. The Kier molecular flexibility index (Phi) is 6.38. The van der Waals surface area contributed by atoms with Crippen LogP contribution in [0.2, 0.25) is 5.02 Å². The predicted octanol–water partition coefficient (Wildman–Crippen LogP) is 5.09. The van der Waals surface area contributed by atoms with Gasteiger partial charge in [0.1, 0.15) is 0 Å². The van der Waals surface area contributed by atoms with Crippen LogP contribution in [0.4, 0.5) is 0 Å². The minimum absolute atomic E-state index is 0.0678. The second-order valence-electron chi connectivity index (χ2n) is 8.11. The van der Waals surface area contributed by atoms with E-state index in [-0.39, 0.29) is 23.8 Å². The molecule has 3 aromatic carbocycles. The van der Waals surface area contributed by atoms with Gasteiger partial charge in [0.25, 0.3) is 5.91 Å². The quantitative estimate of drug-likeness (QED) is 0.520.